The molecule has 7 nitrogen and oxygen atoms in total. The maximum atomic E-state index is 13.0. The van der Waals surface area contributed by atoms with Crippen molar-refractivity contribution < 1.29 is 9.53 Å². The molecule has 0 saturated heterocycles. The molecular formula is C21H18N4O3S. The Hall–Kier alpha value is -3.52. The summed E-state index contributed by atoms with van der Waals surface area (Å²) in [5.41, 5.74) is 1.26. The molecule has 2 aromatic carbocycles. The van der Waals surface area contributed by atoms with Gasteiger partial charge < -0.3 is 10.1 Å². The van der Waals surface area contributed by atoms with Gasteiger partial charge in [-0.2, -0.15) is 0 Å². The molecule has 2 heterocycles. The van der Waals surface area contributed by atoms with Crippen LogP contribution in [0.25, 0.3) is 10.9 Å². The number of hydrogen-bond donors (Lipinski definition) is 1. The topological polar surface area (TPSA) is 86.1 Å². The zero-order chi connectivity index (χ0) is 20.2. The summed E-state index contributed by atoms with van der Waals surface area (Å²) < 4.78 is 7.24. The molecule has 0 saturated carbocycles. The first-order valence-corrected chi connectivity index (χ1v) is 9.86. The van der Waals surface area contributed by atoms with E-state index in [1.807, 2.05) is 37.3 Å². The normalized spacial score (nSPS) is 10.8. The number of rotatable bonds is 6. The highest BCUT2D eigenvalue weighted by Gasteiger charge is 2.15. The van der Waals surface area contributed by atoms with Crippen LogP contribution in [0.5, 0.6) is 5.75 Å². The number of ether oxygens (including phenoxy) is 1. The van der Waals surface area contributed by atoms with Crippen LogP contribution in [0.4, 0.5) is 5.13 Å². The van der Waals surface area contributed by atoms with Gasteiger partial charge in [0.05, 0.1) is 10.9 Å². The summed E-state index contributed by atoms with van der Waals surface area (Å²) in [7, 11) is 0. The number of hydrogen-bond acceptors (Lipinski definition) is 6. The highest BCUT2D eigenvalue weighted by molar-refractivity contribution is 7.13. The number of anilines is 1. The van der Waals surface area contributed by atoms with Crippen LogP contribution in [-0.4, -0.2) is 20.4 Å². The van der Waals surface area contributed by atoms with Crippen molar-refractivity contribution >= 4 is 33.3 Å². The number of carbonyl (C=O) groups is 1. The average molecular weight is 406 g/mol. The molecule has 1 N–H and O–H groups in total. The number of nitrogens with one attached hydrogen (secondary N) is 1. The van der Waals surface area contributed by atoms with Crippen LogP contribution < -0.4 is 15.6 Å². The van der Waals surface area contributed by atoms with Gasteiger partial charge >= 0.3 is 0 Å². The van der Waals surface area contributed by atoms with Gasteiger partial charge in [-0.3, -0.25) is 14.2 Å². The summed E-state index contributed by atoms with van der Waals surface area (Å²) in [6.45, 7) is 1.83. The van der Waals surface area contributed by atoms with Crippen LogP contribution in [0.2, 0.25) is 0 Å². The molecule has 8 heteroatoms. The number of benzene rings is 2. The summed E-state index contributed by atoms with van der Waals surface area (Å²) in [4.78, 5) is 34.1. The third kappa shape index (κ3) is 4.17. The number of nitrogens with zero attached hydrogens (tertiary/aromatic N) is 3. The second kappa shape index (κ2) is 8.24. The highest BCUT2D eigenvalue weighted by Crippen LogP contribution is 2.18. The van der Waals surface area contributed by atoms with E-state index >= 15 is 0 Å². The van der Waals surface area contributed by atoms with E-state index in [2.05, 4.69) is 15.3 Å². The third-order valence-corrected chi connectivity index (χ3v) is 5.06. The lowest BCUT2D eigenvalue weighted by atomic mass is 10.2. The van der Waals surface area contributed by atoms with Crippen LogP contribution in [0.1, 0.15) is 11.4 Å². The molecule has 4 aromatic rings. The van der Waals surface area contributed by atoms with Crippen molar-refractivity contribution in [2.45, 2.75) is 20.1 Å². The lowest BCUT2D eigenvalue weighted by Gasteiger charge is -2.14. The SMILES string of the molecule is Cc1ccccc1OCc1nc2ccccc2c(=O)n1CC(=O)Nc1nccs1. The van der Waals surface area contributed by atoms with Gasteiger partial charge in [-0.1, -0.05) is 30.3 Å². The molecule has 4 rings (SSSR count). The number of aromatic nitrogens is 3. The van der Waals surface area contributed by atoms with E-state index < -0.39 is 0 Å². The van der Waals surface area contributed by atoms with E-state index in [-0.39, 0.29) is 24.6 Å². The molecule has 146 valence electrons. The fourth-order valence-corrected chi connectivity index (χ4v) is 3.48. The molecule has 0 aliphatic carbocycles. The molecule has 0 aliphatic rings. The Morgan fingerprint density at radius 2 is 1.97 bits per heavy atom. The van der Waals surface area contributed by atoms with Gasteiger partial charge in [-0.05, 0) is 30.7 Å². The Morgan fingerprint density at radius 3 is 2.76 bits per heavy atom. The van der Waals surface area contributed by atoms with Gasteiger partial charge in [0, 0.05) is 11.6 Å². The minimum absolute atomic E-state index is 0.0649. The van der Waals surface area contributed by atoms with Gasteiger partial charge in [0.15, 0.2) is 11.0 Å². The quantitative estimate of drug-likeness (QED) is 0.531. The summed E-state index contributed by atoms with van der Waals surface area (Å²) in [6.07, 6.45) is 1.60. The maximum absolute atomic E-state index is 13.0. The van der Waals surface area contributed by atoms with Crippen molar-refractivity contribution in [3.05, 3.63) is 81.8 Å². The van der Waals surface area contributed by atoms with Crippen molar-refractivity contribution in [2.75, 3.05) is 5.32 Å². The molecule has 0 aliphatic heterocycles. The Balaban J connectivity index is 1.67. The second-order valence-corrected chi connectivity index (χ2v) is 7.27. The number of aryl methyl sites for hydroxylation is 1. The highest BCUT2D eigenvalue weighted by atomic mass is 32.1. The van der Waals surface area contributed by atoms with Gasteiger partial charge in [0.1, 0.15) is 18.9 Å². The van der Waals surface area contributed by atoms with E-state index in [0.29, 0.717) is 27.6 Å². The van der Waals surface area contributed by atoms with E-state index in [1.54, 1.807) is 29.8 Å². The molecule has 0 spiro atoms. The van der Waals surface area contributed by atoms with Gasteiger partial charge in [-0.25, -0.2) is 9.97 Å². The van der Waals surface area contributed by atoms with Crippen LogP contribution in [0.15, 0.2) is 64.9 Å². The van der Waals surface area contributed by atoms with Crippen molar-refractivity contribution in [3.8, 4) is 5.75 Å². The van der Waals surface area contributed by atoms with E-state index in [0.717, 1.165) is 5.56 Å². The molecule has 0 fully saturated rings. The predicted octanol–water partition coefficient (Wildman–Crippen LogP) is 3.38. The molecule has 29 heavy (non-hydrogen) atoms. The van der Waals surface area contributed by atoms with Crippen molar-refractivity contribution in [2.24, 2.45) is 0 Å². The minimum atomic E-state index is -0.351. The van der Waals surface area contributed by atoms with Crippen molar-refractivity contribution in [1.29, 1.82) is 0 Å². The van der Waals surface area contributed by atoms with Gasteiger partial charge in [0.25, 0.3) is 5.56 Å². The molecular weight excluding hydrogens is 388 g/mol. The zero-order valence-corrected chi connectivity index (χ0v) is 16.5. The Labute approximate surface area is 170 Å². The van der Waals surface area contributed by atoms with E-state index in [1.165, 1.54) is 15.9 Å². The first-order valence-electron chi connectivity index (χ1n) is 8.98. The van der Waals surface area contributed by atoms with Gasteiger partial charge in [-0.15, -0.1) is 11.3 Å². The Bertz CT molecular complexity index is 1220. The standard InChI is InChI=1S/C21H18N4O3S/c1-14-6-2-5-9-17(14)28-13-18-23-16-8-4-3-7-15(16)20(27)25(18)12-19(26)24-21-22-10-11-29-21/h2-11H,12-13H2,1H3,(H,22,24,26). The maximum Gasteiger partial charge on any atom is 0.261 e. The van der Waals surface area contributed by atoms with Crippen LogP contribution in [0, 0.1) is 6.92 Å². The molecule has 1 amide bonds. The number of carbonyl (C=O) groups excluding carboxylic acids is 1. The largest absolute Gasteiger partial charge is 0.485 e. The number of thiazole rings is 1. The summed E-state index contributed by atoms with van der Waals surface area (Å²) in [5, 5.41) is 5.39. The van der Waals surface area contributed by atoms with Crippen molar-refractivity contribution in [1.82, 2.24) is 14.5 Å². The molecule has 0 radical (unpaired) electrons. The first-order chi connectivity index (χ1) is 14.1. The minimum Gasteiger partial charge on any atom is -0.485 e. The second-order valence-electron chi connectivity index (χ2n) is 6.38. The smallest absolute Gasteiger partial charge is 0.261 e. The lowest BCUT2D eigenvalue weighted by molar-refractivity contribution is -0.116. The molecule has 2 aromatic heterocycles. The van der Waals surface area contributed by atoms with E-state index in [4.69, 9.17) is 4.74 Å². The molecule has 0 bridgehead atoms. The number of amides is 1. The fourth-order valence-electron chi connectivity index (χ4n) is 2.94. The molecule has 0 unspecified atom stereocenters. The van der Waals surface area contributed by atoms with Crippen LogP contribution >= 0.6 is 11.3 Å². The number of para-hydroxylation sites is 2. The zero-order valence-electron chi connectivity index (χ0n) is 15.7. The van der Waals surface area contributed by atoms with Gasteiger partial charge in [0.2, 0.25) is 5.91 Å². The fraction of sp³-hybridized carbons (Fsp3) is 0.143. The monoisotopic (exact) mass is 406 g/mol. The van der Waals surface area contributed by atoms with E-state index in [9.17, 15) is 9.59 Å². The third-order valence-electron chi connectivity index (χ3n) is 4.37. The summed E-state index contributed by atoms with van der Waals surface area (Å²) >= 11 is 1.31. The lowest BCUT2D eigenvalue weighted by Crippen LogP contribution is -2.31. The van der Waals surface area contributed by atoms with Crippen LogP contribution in [0.3, 0.4) is 0 Å². The number of fused-ring (bicyclic) bond motifs is 1. The summed E-state index contributed by atoms with van der Waals surface area (Å²) in [6, 6.07) is 14.7. The molecule has 0 atom stereocenters. The Morgan fingerprint density at radius 1 is 1.17 bits per heavy atom. The average Bonchev–Trinajstić information content (AvgIpc) is 3.23. The van der Waals surface area contributed by atoms with Crippen molar-refractivity contribution in [3.63, 3.8) is 0 Å². The predicted molar refractivity (Wildman–Crippen MR) is 112 cm³/mol. The Kier molecular flexibility index (Phi) is 5.35. The summed E-state index contributed by atoms with van der Waals surface area (Å²) in [5.74, 6) is 0.733. The van der Waals surface area contributed by atoms with Crippen LogP contribution in [-0.2, 0) is 17.9 Å². The first kappa shape index (κ1) is 18.8.